The number of rotatable bonds is 7. The second-order valence-corrected chi connectivity index (χ2v) is 10.1. The number of carbonyl (C=O) groups excluding carboxylic acids is 1. The molecule has 0 bridgehead atoms. The number of nitrogens with one attached hydrogen (secondary N) is 1. The van der Waals surface area contributed by atoms with E-state index in [0.717, 1.165) is 48.5 Å². The van der Waals surface area contributed by atoms with Crippen LogP contribution >= 0.6 is 0 Å². The van der Waals surface area contributed by atoms with Crippen molar-refractivity contribution in [2.75, 3.05) is 36.9 Å². The molecule has 3 aromatic rings. The lowest BCUT2D eigenvalue weighted by molar-refractivity contribution is -0.114. The fourth-order valence-electron chi connectivity index (χ4n) is 4.51. The first-order chi connectivity index (χ1) is 16.4. The quantitative estimate of drug-likeness (QED) is 0.547. The number of hydrogen-bond acceptors (Lipinski definition) is 7. The van der Waals surface area contributed by atoms with Crippen LogP contribution in [0.2, 0.25) is 0 Å². The van der Waals surface area contributed by atoms with Crippen LogP contribution in [0.15, 0.2) is 18.3 Å². The number of carbonyl (C=O) groups is 1. The molecule has 35 heavy (non-hydrogen) atoms. The number of halogens is 1. The number of hydrogen-bond donors (Lipinski definition) is 1. The van der Waals surface area contributed by atoms with Crippen molar-refractivity contribution in [3.63, 3.8) is 0 Å². The van der Waals surface area contributed by atoms with E-state index in [4.69, 9.17) is 5.10 Å². The van der Waals surface area contributed by atoms with Gasteiger partial charge in [0.2, 0.25) is 5.91 Å². The summed E-state index contributed by atoms with van der Waals surface area (Å²) < 4.78 is 16.6. The molecule has 1 amide bonds. The Balaban J connectivity index is 1.89. The summed E-state index contributed by atoms with van der Waals surface area (Å²) in [5.74, 6) is 1.61. The van der Waals surface area contributed by atoms with Crippen LogP contribution in [-0.4, -0.2) is 67.8 Å². The largest absolute Gasteiger partial charge is 0.353 e. The number of likely N-dealkylation sites (N-methyl/N-ethyl adjacent to an activating group) is 1. The lowest BCUT2D eigenvalue weighted by Gasteiger charge is -2.34. The van der Waals surface area contributed by atoms with Crippen molar-refractivity contribution < 1.29 is 9.18 Å². The Hall–Kier alpha value is -3.14. The number of pyridine rings is 1. The molecule has 0 radical (unpaired) electrons. The Bertz CT molecular complexity index is 1250. The van der Waals surface area contributed by atoms with Crippen LogP contribution in [0.5, 0.6) is 0 Å². The van der Waals surface area contributed by atoms with Gasteiger partial charge in [0, 0.05) is 49.6 Å². The summed E-state index contributed by atoms with van der Waals surface area (Å²) in [5, 5.41) is 8.56. The highest BCUT2D eigenvalue weighted by Crippen LogP contribution is 2.35. The van der Waals surface area contributed by atoms with Crippen molar-refractivity contribution in [1.29, 1.82) is 0 Å². The van der Waals surface area contributed by atoms with Crippen LogP contribution in [0.4, 0.5) is 16.0 Å². The third kappa shape index (κ3) is 4.84. The predicted octanol–water partition coefficient (Wildman–Crippen LogP) is 3.86. The number of nitrogens with zero attached hydrogens (tertiary/aromatic N) is 7. The van der Waals surface area contributed by atoms with Gasteiger partial charge in [-0.3, -0.25) is 9.69 Å². The number of anilines is 2. The number of alkyl halides is 1. The Kier molecular flexibility index (Phi) is 6.52. The third-order valence-electron chi connectivity index (χ3n) is 6.87. The molecule has 188 valence electrons. The molecule has 1 atom stereocenters. The molecule has 0 aromatic carbocycles. The zero-order chi connectivity index (χ0) is 25.5. The summed E-state index contributed by atoms with van der Waals surface area (Å²) >= 11 is 0. The summed E-state index contributed by atoms with van der Waals surface area (Å²) in [7, 11) is 2.15. The first-order valence-electron chi connectivity index (χ1n) is 12.2. The van der Waals surface area contributed by atoms with Crippen LogP contribution in [0.3, 0.4) is 0 Å². The molecule has 9 nitrogen and oxygen atoms in total. The fourth-order valence-corrected chi connectivity index (χ4v) is 4.51. The van der Waals surface area contributed by atoms with Crippen molar-refractivity contribution in [2.24, 2.45) is 0 Å². The van der Waals surface area contributed by atoms with Gasteiger partial charge in [0.25, 0.3) is 0 Å². The second-order valence-electron chi connectivity index (χ2n) is 10.1. The molecule has 10 heteroatoms. The van der Waals surface area contributed by atoms with Gasteiger partial charge in [-0.25, -0.2) is 24.0 Å². The number of aryl methyl sites for hydroxylation is 1. The van der Waals surface area contributed by atoms with E-state index >= 15 is 0 Å². The average molecular weight is 483 g/mol. The summed E-state index contributed by atoms with van der Waals surface area (Å²) in [6.07, 6.45) is 3.38. The van der Waals surface area contributed by atoms with E-state index in [2.05, 4.69) is 51.0 Å². The molecule has 0 spiro atoms. The molecule has 1 unspecified atom stereocenters. The van der Waals surface area contributed by atoms with Crippen LogP contribution < -0.4 is 10.2 Å². The van der Waals surface area contributed by atoms with E-state index in [1.807, 2.05) is 13.0 Å². The molecule has 0 aliphatic carbocycles. The van der Waals surface area contributed by atoms with Crippen molar-refractivity contribution in [3.05, 3.63) is 29.8 Å². The topological polar surface area (TPSA) is 92.1 Å². The van der Waals surface area contributed by atoms with Gasteiger partial charge in [0.05, 0.1) is 10.9 Å². The Morgan fingerprint density at radius 2 is 2.03 bits per heavy atom. The predicted molar refractivity (Wildman–Crippen MR) is 136 cm³/mol. The molecule has 1 aliphatic rings. The van der Waals surface area contributed by atoms with Gasteiger partial charge in [0.15, 0.2) is 23.1 Å². The zero-order valence-electron chi connectivity index (χ0n) is 21.7. The van der Waals surface area contributed by atoms with Gasteiger partial charge in [-0.2, -0.15) is 0 Å². The molecule has 4 heterocycles. The highest BCUT2D eigenvalue weighted by molar-refractivity contribution is 5.95. The standard InChI is InChI=1S/C25H35FN8O/c1-8-17-12-21(30-23(29-17)24(4,5)26)34-19-13-20(28-16(3)35)27-14-18(19)22(31-34)33-11-10-25(6,15-33)32(7)9-2/h12-14H,8-11,15H2,1-7H3,(H,27,28,35). The van der Waals surface area contributed by atoms with Gasteiger partial charge in [-0.05, 0) is 47.2 Å². The molecule has 3 aromatic heterocycles. The monoisotopic (exact) mass is 482 g/mol. The third-order valence-corrected chi connectivity index (χ3v) is 6.87. The number of aromatic nitrogens is 5. The van der Waals surface area contributed by atoms with E-state index < -0.39 is 5.67 Å². The zero-order valence-corrected chi connectivity index (χ0v) is 21.7. The Morgan fingerprint density at radius 3 is 2.66 bits per heavy atom. The van der Waals surface area contributed by atoms with E-state index in [-0.39, 0.29) is 17.3 Å². The average Bonchev–Trinajstić information content (AvgIpc) is 3.38. The molecule has 1 fully saturated rings. The summed E-state index contributed by atoms with van der Waals surface area (Å²) in [4.78, 5) is 29.7. The van der Waals surface area contributed by atoms with Gasteiger partial charge in [0.1, 0.15) is 5.82 Å². The Labute approximate surface area is 205 Å². The smallest absolute Gasteiger partial charge is 0.222 e. The van der Waals surface area contributed by atoms with Crippen molar-refractivity contribution in [1.82, 2.24) is 29.6 Å². The SMILES string of the molecule is CCc1cc(-n2nc(N3CCC(C)(N(C)CC)C3)c3cnc(NC(C)=O)cc32)nc(C(C)(C)F)n1. The maximum Gasteiger partial charge on any atom is 0.222 e. The van der Waals surface area contributed by atoms with Crippen LogP contribution in [-0.2, 0) is 16.9 Å². The van der Waals surface area contributed by atoms with Crippen molar-refractivity contribution in [2.45, 2.75) is 65.6 Å². The number of amides is 1. The van der Waals surface area contributed by atoms with Crippen LogP contribution in [0.25, 0.3) is 16.7 Å². The normalized spacial score (nSPS) is 18.6. The maximum atomic E-state index is 14.9. The lowest BCUT2D eigenvalue weighted by atomic mass is 10.00. The fraction of sp³-hybridized carbons (Fsp3) is 0.560. The first-order valence-corrected chi connectivity index (χ1v) is 12.2. The highest BCUT2D eigenvalue weighted by Gasteiger charge is 2.38. The van der Waals surface area contributed by atoms with E-state index in [9.17, 15) is 9.18 Å². The summed E-state index contributed by atoms with van der Waals surface area (Å²) in [6.45, 7) is 13.4. The van der Waals surface area contributed by atoms with Crippen molar-refractivity contribution >= 4 is 28.4 Å². The van der Waals surface area contributed by atoms with Gasteiger partial charge in [-0.15, -0.1) is 5.10 Å². The Morgan fingerprint density at radius 1 is 1.29 bits per heavy atom. The molecule has 0 saturated carbocycles. The summed E-state index contributed by atoms with van der Waals surface area (Å²) in [5.41, 5.74) is -0.199. The minimum Gasteiger partial charge on any atom is -0.353 e. The maximum absolute atomic E-state index is 14.9. The minimum absolute atomic E-state index is 0.0319. The molecule has 4 rings (SSSR count). The highest BCUT2D eigenvalue weighted by atomic mass is 19.1. The first kappa shape index (κ1) is 25.0. The van der Waals surface area contributed by atoms with E-state index in [1.54, 1.807) is 16.9 Å². The van der Waals surface area contributed by atoms with Crippen molar-refractivity contribution in [3.8, 4) is 5.82 Å². The minimum atomic E-state index is -1.70. The summed E-state index contributed by atoms with van der Waals surface area (Å²) in [6, 6.07) is 3.62. The lowest BCUT2D eigenvalue weighted by Crippen LogP contribution is -2.46. The molecule has 1 N–H and O–H groups in total. The molecular formula is C25H35FN8O. The number of fused-ring (bicyclic) bond motifs is 1. The van der Waals surface area contributed by atoms with Gasteiger partial charge >= 0.3 is 0 Å². The van der Waals surface area contributed by atoms with E-state index in [0.29, 0.717) is 18.1 Å². The van der Waals surface area contributed by atoms with Gasteiger partial charge in [-0.1, -0.05) is 13.8 Å². The van der Waals surface area contributed by atoms with Crippen LogP contribution in [0, 0.1) is 0 Å². The second kappa shape index (κ2) is 9.14. The van der Waals surface area contributed by atoms with Crippen LogP contribution in [0.1, 0.15) is 59.5 Å². The molecular weight excluding hydrogens is 447 g/mol. The molecule has 1 aliphatic heterocycles. The van der Waals surface area contributed by atoms with E-state index in [1.165, 1.54) is 20.8 Å². The molecule has 1 saturated heterocycles. The van der Waals surface area contributed by atoms with Gasteiger partial charge < -0.3 is 10.2 Å².